The van der Waals surface area contributed by atoms with E-state index in [0.717, 1.165) is 29.3 Å². The largest absolute Gasteiger partial charge is 0.496 e. The topological polar surface area (TPSA) is 84.4 Å². The Balaban J connectivity index is 1.78. The van der Waals surface area contributed by atoms with Crippen molar-refractivity contribution in [2.24, 2.45) is 0 Å². The van der Waals surface area contributed by atoms with Crippen LogP contribution >= 0.6 is 11.3 Å². The molecule has 1 aliphatic rings. The number of hydrogen-bond donors (Lipinski definition) is 2. The van der Waals surface area contributed by atoms with Gasteiger partial charge in [-0.3, -0.25) is 4.79 Å². The van der Waals surface area contributed by atoms with Gasteiger partial charge in [0.1, 0.15) is 16.5 Å². The Hall–Kier alpha value is -2.65. The molecule has 28 heavy (non-hydrogen) atoms. The minimum atomic E-state index is -0.126. The zero-order chi connectivity index (χ0) is 19.8. The minimum absolute atomic E-state index is 0.102. The summed E-state index contributed by atoms with van der Waals surface area (Å²) in [5, 5.41) is 15.2. The first-order valence-corrected chi connectivity index (χ1v) is 10.1. The van der Waals surface area contributed by atoms with Crippen LogP contribution in [0.25, 0.3) is 4.96 Å². The van der Waals surface area contributed by atoms with Crippen LogP contribution in [0.2, 0.25) is 0 Å². The fourth-order valence-electron chi connectivity index (χ4n) is 3.88. The van der Waals surface area contributed by atoms with E-state index < -0.39 is 0 Å². The van der Waals surface area contributed by atoms with E-state index in [0.29, 0.717) is 23.9 Å². The predicted molar refractivity (Wildman–Crippen MR) is 105 cm³/mol. The predicted octanol–water partition coefficient (Wildman–Crippen LogP) is 0.650. The van der Waals surface area contributed by atoms with Gasteiger partial charge in [0.15, 0.2) is 6.04 Å². The third-order valence-corrected chi connectivity index (χ3v) is 6.36. The molecular formula is C19H24N5O3S+. The zero-order valence-corrected chi connectivity index (χ0v) is 17.0. The molecule has 0 aliphatic carbocycles. The lowest BCUT2D eigenvalue weighted by Gasteiger charge is -2.36. The van der Waals surface area contributed by atoms with Crippen LogP contribution < -0.4 is 9.64 Å². The number of aryl methyl sites for hydroxylation is 1. The highest BCUT2D eigenvalue weighted by Gasteiger charge is 2.36. The maximum atomic E-state index is 11.7. The minimum Gasteiger partial charge on any atom is -0.496 e. The van der Waals surface area contributed by atoms with Crippen molar-refractivity contribution >= 4 is 22.2 Å². The van der Waals surface area contributed by atoms with Crippen LogP contribution in [0.4, 0.5) is 0 Å². The number of rotatable bonds is 4. The highest BCUT2D eigenvalue weighted by Crippen LogP contribution is 2.37. The summed E-state index contributed by atoms with van der Waals surface area (Å²) < 4.78 is 7.12. The second-order valence-corrected chi connectivity index (χ2v) is 7.99. The molecule has 0 saturated carbocycles. The number of nitrogens with one attached hydrogen (secondary N) is 1. The number of hydrogen-bond acceptors (Lipinski definition) is 6. The number of benzene rings is 1. The molecule has 1 amide bonds. The molecule has 0 radical (unpaired) electrons. The van der Waals surface area contributed by atoms with Crippen LogP contribution in [0.15, 0.2) is 24.3 Å². The first-order chi connectivity index (χ1) is 13.5. The quantitative estimate of drug-likeness (QED) is 0.670. The number of piperazine rings is 1. The number of para-hydroxylation sites is 1. The second-order valence-electron chi connectivity index (χ2n) is 6.98. The van der Waals surface area contributed by atoms with Crippen molar-refractivity contribution in [3.05, 3.63) is 40.5 Å². The summed E-state index contributed by atoms with van der Waals surface area (Å²) in [6, 6.07) is 7.77. The summed E-state index contributed by atoms with van der Waals surface area (Å²) in [5.41, 5.74) is 1.01. The van der Waals surface area contributed by atoms with Gasteiger partial charge in [-0.1, -0.05) is 23.5 Å². The molecule has 1 fully saturated rings. The van der Waals surface area contributed by atoms with Gasteiger partial charge in [-0.15, -0.1) is 5.10 Å². The number of thiazole rings is 1. The van der Waals surface area contributed by atoms with Crippen molar-refractivity contribution in [3.63, 3.8) is 0 Å². The number of amides is 1. The van der Waals surface area contributed by atoms with E-state index in [9.17, 15) is 9.90 Å². The van der Waals surface area contributed by atoms with Crippen molar-refractivity contribution in [1.29, 1.82) is 0 Å². The standard InChI is InChI=1S/C19H23N5O3S/c1-12-20-19-24(21-12)18(26)17(28-19)16(14-6-4-5-7-15(14)27-3)23-10-8-22(9-11-23)13(2)25/h4-7,16,26H,8-11H2,1-3H3/p+1/t16-/m0/s1. The van der Waals surface area contributed by atoms with Gasteiger partial charge in [0.2, 0.25) is 16.7 Å². The van der Waals surface area contributed by atoms with Crippen molar-refractivity contribution in [2.45, 2.75) is 19.9 Å². The number of ether oxygens (including phenoxy) is 1. The van der Waals surface area contributed by atoms with E-state index >= 15 is 0 Å². The normalized spacial score (nSPS) is 16.5. The van der Waals surface area contributed by atoms with Gasteiger partial charge in [-0.25, -0.2) is 4.98 Å². The lowest BCUT2D eigenvalue weighted by Crippen LogP contribution is -3.15. The molecule has 2 aromatic heterocycles. The van der Waals surface area contributed by atoms with E-state index in [1.165, 1.54) is 20.8 Å². The van der Waals surface area contributed by atoms with Gasteiger partial charge in [0.25, 0.3) is 0 Å². The number of aromatic hydroxyl groups is 1. The Kier molecular flexibility index (Phi) is 4.94. The second kappa shape index (κ2) is 7.40. The molecule has 3 heterocycles. The highest BCUT2D eigenvalue weighted by molar-refractivity contribution is 7.17. The Labute approximate surface area is 167 Å². The number of quaternary nitrogens is 1. The molecule has 8 nitrogen and oxygen atoms in total. The molecule has 4 rings (SSSR count). The molecule has 148 valence electrons. The first-order valence-electron chi connectivity index (χ1n) is 9.27. The molecule has 0 unspecified atom stereocenters. The third-order valence-electron chi connectivity index (χ3n) is 5.28. The van der Waals surface area contributed by atoms with Crippen molar-refractivity contribution in [1.82, 2.24) is 19.5 Å². The SMILES string of the molecule is COc1ccccc1[C@@H](c1sc2nc(C)nn2c1O)[NH+]1CCN(C(C)=O)CC1. The van der Waals surface area contributed by atoms with Gasteiger partial charge in [-0.05, 0) is 19.1 Å². The Morgan fingerprint density at radius 1 is 1.32 bits per heavy atom. The summed E-state index contributed by atoms with van der Waals surface area (Å²) in [5.74, 6) is 1.64. The molecule has 1 atom stereocenters. The van der Waals surface area contributed by atoms with Crippen LogP contribution in [-0.4, -0.2) is 63.8 Å². The van der Waals surface area contributed by atoms with Gasteiger partial charge < -0.3 is 19.6 Å². The van der Waals surface area contributed by atoms with Crippen LogP contribution in [0.5, 0.6) is 11.6 Å². The zero-order valence-electron chi connectivity index (χ0n) is 16.2. The van der Waals surface area contributed by atoms with Crippen molar-refractivity contribution in [3.8, 4) is 11.6 Å². The summed E-state index contributed by atoms with van der Waals surface area (Å²) >= 11 is 1.45. The molecule has 0 spiro atoms. The Bertz CT molecular complexity index is 1010. The first kappa shape index (κ1) is 18.7. The van der Waals surface area contributed by atoms with Crippen LogP contribution in [0.1, 0.15) is 29.2 Å². The molecule has 1 aliphatic heterocycles. The molecule has 2 N–H and O–H groups in total. The average Bonchev–Trinajstić information content (AvgIpc) is 3.20. The molecular weight excluding hydrogens is 378 g/mol. The van der Waals surface area contributed by atoms with E-state index in [4.69, 9.17) is 4.74 Å². The van der Waals surface area contributed by atoms with Gasteiger partial charge >= 0.3 is 0 Å². The molecule has 1 saturated heterocycles. The van der Waals surface area contributed by atoms with Crippen LogP contribution in [0, 0.1) is 6.92 Å². The van der Waals surface area contributed by atoms with Gasteiger partial charge in [-0.2, -0.15) is 4.52 Å². The lowest BCUT2D eigenvalue weighted by atomic mass is 10.0. The summed E-state index contributed by atoms with van der Waals surface area (Å²) in [6.45, 7) is 6.37. The molecule has 0 bridgehead atoms. The maximum Gasteiger partial charge on any atom is 0.235 e. The lowest BCUT2D eigenvalue weighted by molar-refractivity contribution is -0.929. The van der Waals surface area contributed by atoms with Crippen LogP contribution in [0.3, 0.4) is 0 Å². The molecule has 9 heteroatoms. The number of fused-ring (bicyclic) bond motifs is 1. The van der Waals surface area contributed by atoms with E-state index in [-0.39, 0.29) is 17.8 Å². The number of nitrogens with zero attached hydrogens (tertiary/aromatic N) is 4. The average molecular weight is 403 g/mol. The smallest absolute Gasteiger partial charge is 0.235 e. The van der Waals surface area contributed by atoms with Crippen molar-refractivity contribution < 1.29 is 19.5 Å². The Morgan fingerprint density at radius 3 is 2.68 bits per heavy atom. The molecule has 3 aromatic rings. The maximum absolute atomic E-state index is 11.7. The highest BCUT2D eigenvalue weighted by atomic mass is 32.1. The monoisotopic (exact) mass is 402 g/mol. The van der Waals surface area contributed by atoms with E-state index in [2.05, 4.69) is 10.1 Å². The van der Waals surface area contributed by atoms with E-state index in [1.807, 2.05) is 36.1 Å². The fourth-order valence-corrected chi connectivity index (χ4v) is 5.06. The summed E-state index contributed by atoms with van der Waals surface area (Å²) in [7, 11) is 1.66. The summed E-state index contributed by atoms with van der Waals surface area (Å²) in [4.78, 5) is 20.8. The number of carbonyl (C=O) groups excluding carboxylic acids is 1. The third kappa shape index (κ3) is 3.20. The number of methoxy groups -OCH3 is 1. The van der Waals surface area contributed by atoms with Gasteiger partial charge in [0, 0.05) is 6.92 Å². The van der Waals surface area contributed by atoms with Crippen LogP contribution in [-0.2, 0) is 4.79 Å². The fraction of sp³-hybridized carbons (Fsp3) is 0.421. The van der Waals surface area contributed by atoms with Gasteiger partial charge in [0.05, 0.1) is 38.9 Å². The number of carbonyl (C=O) groups is 1. The molecule has 1 aromatic carbocycles. The Morgan fingerprint density at radius 2 is 2.04 bits per heavy atom. The van der Waals surface area contributed by atoms with E-state index in [1.54, 1.807) is 14.0 Å². The number of aromatic nitrogens is 3. The van der Waals surface area contributed by atoms with Crippen molar-refractivity contribution in [2.75, 3.05) is 33.3 Å². The summed E-state index contributed by atoms with van der Waals surface area (Å²) in [6.07, 6.45) is 0.